The van der Waals surface area contributed by atoms with E-state index in [0.717, 1.165) is 18.8 Å². The van der Waals surface area contributed by atoms with Crippen LogP contribution in [0.3, 0.4) is 0 Å². The lowest BCUT2D eigenvalue weighted by Gasteiger charge is -2.38. The third-order valence-electron chi connectivity index (χ3n) is 4.57. The summed E-state index contributed by atoms with van der Waals surface area (Å²) in [6.45, 7) is 0. The van der Waals surface area contributed by atoms with Crippen LogP contribution in [0.25, 0.3) is 0 Å². The van der Waals surface area contributed by atoms with Crippen molar-refractivity contribution in [1.82, 2.24) is 0 Å². The summed E-state index contributed by atoms with van der Waals surface area (Å²) in [6.07, 6.45) is 9.36. The van der Waals surface area contributed by atoms with Crippen molar-refractivity contribution < 1.29 is 15.0 Å². The van der Waals surface area contributed by atoms with Gasteiger partial charge in [0, 0.05) is 0 Å². The molecule has 3 heteroatoms. The highest BCUT2D eigenvalue weighted by Gasteiger charge is 2.41. The molecule has 0 bridgehead atoms. The standard InChI is InChI=1S/C13H22O3/c14-12(15)13(16)8-6-11(7-9-13)10-4-2-1-3-5-10/h10-11,16H,1-9H2,(H,14,15). The predicted molar refractivity (Wildman–Crippen MR) is 61.1 cm³/mol. The molecule has 2 saturated carbocycles. The van der Waals surface area contributed by atoms with Gasteiger partial charge in [0.15, 0.2) is 5.60 Å². The van der Waals surface area contributed by atoms with Crippen LogP contribution in [0.4, 0.5) is 0 Å². The van der Waals surface area contributed by atoms with Crippen LogP contribution in [0.5, 0.6) is 0 Å². The minimum atomic E-state index is -1.43. The van der Waals surface area contributed by atoms with E-state index in [0.29, 0.717) is 18.8 Å². The molecule has 2 N–H and O–H groups in total. The van der Waals surface area contributed by atoms with Crippen molar-refractivity contribution in [3.63, 3.8) is 0 Å². The molecular weight excluding hydrogens is 204 g/mol. The number of carbonyl (C=O) groups is 1. The summed E-state index contributed by atoms with van der Waals surface area (Å²) in [4.78, 5) is 10.9. The van der Waals surface area contributed by atoms with E-state index in [9.17, 15) is 9.90 Å². The van der Waals surface area contributed by atoms with E-state index in [1.54, 1.807) is 0 Å². The zero-order valence-corrected chi connectivity index (χ0v) is 9.82. The molecule has 0 amide bonds. The van der Waals surface area contributed by atoms with Crippen molar-refractivity contribution in [1.29, 1.82) is 0 Å². The summed E-state index contributed by atoms with van der Waals surface area (Å²) in [5.41, 5.74) is -1.43. The van der Waals surface area contributed by atoms with Crippen molar-refractivity contribution in [2.45, 2.75) is 63.4 Å². The SMILES string of the molecule is O=C(O)C1(O)CCC(C2CCCCC2)CC1. The minimum Gasteiger partial charge on any atom is -0.479 e. The van der Waals surface area contributed by atoms with Crippen LogP contribution >= 0.6 is 0 Å². The van der Waals surface area contributed by atoms with Crippen LogP contribution in [0.1, 0.15) is 57.8 Å². The number of aliphatic carboxylic acids is 1. The number of carboxylic acids is 1. The molecule has 2 fully saturated rings. The first-order valence-corrected chi connectivity index (χ1v) is 6.57. The van der Waals surface area contributed by atoms with E-state index >= 15 is 0 Å². The van der Waals surface area contributed by atoms with Crippen LogP contribution in [0.2, 0.25) is 0 Å². The highest BCUT2D eigenvalue weighted by atomic mass is 16.4. The van der Waals surface area contributed by atoms with E-state index in [4.69, 9.17) is 5.11 Å². The first kappa shape index (κ1) is 11.9. The third-order valence-corrected chi connectivity index (χ3v) is 4.57. The highest BCUT2D eigenvalue weighted by molar-refractivity contribution is 5.77. The fraction of sp³-hybridized carbons (Fsp3) is 0.923. The quantitative estimate of drug-likeness (QED) is 0.760. The van der Waals surface area contributed by atoms with Gasteiger partial charge >= 0.3 is 5.97 Å². The molecule has 0 saturated heterocycles. The molecule has 0 aromatic carbocycles. The Morgan fingerprint density at radius 2 is 1.44 bits per heavy atom. The predicted octanol–water partition coefficient (Wildman–Crippen LogP) is 2.57. The van der Waals surface area contributed by atoms with E-state index in [1.807, 2.05) is 0 Å². The molecule has 16 heavy (non-hydrogen) atoms. The highest BCUT2D eigenvalue weighted by Crippen LogP contribution is 2.41. The molecule has 0 aromatic rings. The lowest BCUT2D eigenvalue weighted by atomic mass is 9.70. The van der Waals surface area contributed by atoms with Crippen molar-refractivity contribution in [2.24, 2.45) is 11.8 Å². The van der Waals surface area contributed by atoms with E-state index in [-0.39, 0.29) is 0 Å². The van der Waals surface area contributed by atoms with Gasteiger partial charge < -0.3 is 10.2 Å². The van der Waals surface area contributed by atoms with Gasteiger partial charge in [-0.05, 0) is 37.5 Å². The van der Waals surface area contributed by atoms with Crippen molar-refractivity contribution in [3.05, 3.63) is 0 Å². The van der Waals surface area contributed by atoms with Crippen LogP contribution in [-0.2, 0) is 4.79 Å². The summed E-state index contributed by atoms with van der Waals surface area (Å²) < 4.78 is 0. The molecule has 0 radical (unpaired) electrons. The lowest BCUT2D eigenvalue weighted by Crippen LogP contribution is -2.43. The summed E-state index contributed by atoms with van der Waals surface area (Å²) in [5, 5.41) is 18.8. The van der Waals surface area contributed by atoms with Crippen LogP contribution < -0.4 is 0 Å². The Labute approximate surface area is 96.9 Å². The van der Waals surface area contributed by atoms with Gasteiger partial charge in [0.05, 0.1) is 0 Å². The fourth-order valence-corrected chi connectivity index (χ4v) is 3.41. The number of carboxylic acid groups (broad SMARTS) is 1. The molecule has 92 valence electrons. The molecule has 0 aromatic heterocycles. The second kappa shape index (κ2) is 4.74. The maximum Gasteiger partial charge on any atom is 0.335 e. The monoisotopic (exact) mass is 226 g/mol. The van der Waals surface area contributed by atoms with Gasteiger partial charge in [-0.25, -0.2) is 4.79 Å². The summed E-state index contributed by atoms with van der Waals surface area (Å²) in [6, 6.07) is 0. The molecule has 3 nitrogen and oxygen atoms in total. The molecule has 0 aliphatic heterocycles. The van der Waals surface area contributed by atoms with Crippen molar-refractivity contribution in [3.8, 4) is 0 Å². The number of aliphatic hydroxyl groups is 1. The Morgan fingerprint density at radius 3 is 1.94 bits per heavy atom. The Hall–Kier alpha value is -0.570. The van der Waals surface area contributed by atoms with Gasteiger partial charge in [-0.1, -0.05) is 32.1 Å². The average Bonchev–Trinajstić information content (AvgIpc) is 2.31. The number of rotatable bonds is 2. The molecule has 2 aliphatic carbocycles. The first-order chi connectivity index (χ1) is 7.62. The molecule has 0 atom stereocenters. The molecule has 0 spiro atoms. The van der Waals surface area contributed by atoms with Crippen LogP contribution in [0.15, 0.2) is 0 Å². The first-order valence-electron chi connectivity index (χ1n) is 6.57. The number of hydrogen-bond donors (Lipinski definition) is 2. The van der Waals surface area contributed by atoms with E-state index in [2.05, 4.69) is 0 Å². The molecule has 0 heterocycles. The van der Waals surface area contributed by atoms with E-state index < -0.39 is 11.6 Å². The third kappa shape index (κ3) is 2.40. The molecule has 2 rings (SSSR count). The minimum absolute atomic E-state index is 0.448. The smallest absolute Gasteiger partial charge is 0.335 e. The van der Waals surface area contributed by atoms with Crippen molar-refractivity contribution >= 4 is 5.97 Å². The summed E-state index contributed by atoms with van der Waals surface area (Å²) in [5.74, 6) is 0.432. The zero-order valence-electron chi connectivity index (χ0n) is 9.82. The van der Waals surface area contributed by atoms with Gasteiger partial charge in [0.2, 0.25) is 0 Å². The normalized spacial score (nSPS) is 37.2. The summed E-state index contributed by atoms with van der Waals surface area (Å²) in [7, 11) is 0. The van der Waals surface area contributed by atoms with Gasteiger partial charge in [0.1, 0.15) is 0 Å². The van der Waals surface area contributed by atoms with Gasteiger partial charge in [-0.15, -0.1) is 0 Å². The van der Waals surface area contributed by atoms with Crippen molar-refractivity contribution in [2.75, 3.05) is 0 Å². The van der Waals surface area contributed by atoms with Crippen LogP contribution in [0, 0.1) is 11.8 Å². The Kier molecular flexibility index (Phi) is 3.53. The Morgan fingerprint density at radius 1 is 0.938 bits per heavy atom. The topological polar surface area (TPSA) is 57.5 Å². The largest absolute Gasteiger partial charge is 0.479 e. The second-order valence-electron chi connectivity index (χ2n) is 5.57. The van der Waals surface area contributed by atoms with E-state index in [1.165, 1.54) is 32.1 Å². The maximum atomic E-state index is 10.9. The fourth-order valence-electron chi connectivity index (χ4n) is 3.41. The summed E-state index contributed by atoms with van der Waals surface area (Å²) >= 11 is 0. The lowest BCUT2D eigenvalue weighted by molar-refractivity contribution is -0.163. The van der Waals surface area contributed by atoms with Gasteiger partial charge in [-0.2, -0.15) is 0 Å². The van der Waals surface area contributed by atoms with Gasteiger partial charge in [0.25, 0.3) is 0 Å². The van der Waals surface area contributed by atoms with Gasteiger partial charge in [-0.3, -0.25) is 0 Å². The maximum absolute atomic E-state index is 10.9. The average molecular weight is 226 g/mol. The number of hydrogen-bond acceptors (Lipinski definition) is 2. The Balaban J connectivity index is 1.87. The zero-order chi connectivity index (χ0) is 11.6. The van der Waals surface area contributed by atoms with Crippen LogP contribution in [-0.4, -0.2) is 21.8 Å². The Bertz CT molecular complexity index is 248. The second-order valence-corrected chi connectivity index (χ2v) is 5.57. The molecular formula is C13H22O3. The molecule has 0 unspecified atom stereocenters. The molecule has 2 aliphatic rings.